The summed E-state index contributed by atoms with van der Waals surface area (Å²) in [5.41, 5.74) is -0.638. The maximum atomic E-state index is 14.6. The molecular formula is C39H71N7O6S3. The Bertz CT molecular complexity index is 1410. The van der Waals surface area contributed by atoms with Gasteiger partial charge >= 0.3 is 0 Å². The lowest BCUT2D eigenvalue weighted by Gasteiger charge is -2.38. The molecular weight excluding hydrogens is 759 g/mol. The number of carbonyl (C=O) groups is 6. The van der Waals surface area contributed by atoms with Crippen LogP contribution in [0.4, 0.5) is 0 Å². The van der Waals surface area contributed by atoms with E-state index in [2.05, 4.69) is 31.2 Å². The topological polar surface area (TPSA) is 180 Å². The standard InChI is InChI=1S/C36H53N7O6.3CH4.3H2S/c1-5-10-25(29(44)34(48)39-23-15-16-23)40-33(47)28-24-14-9-13-22(24)20-43(28)35(49)30(36(2,3)4)42-32(46)27(21-11-7-6-8-12-21)41-31(45)26-19-37-17-18-38-26;;;;;;/h17-19,21-25,27-28,30H,5-16,20H2,1-4H3,(H,39,48)(H,40,47)(H,41,45)(H,42,46);3*1H4;3*1H2/t22-,24+,25-,27-,28-,30-;;;;;;/m1....../s1. The molecule has 0 spiro atoms. The maximum absolute atomic E-state index is 14.6. The van der Waals surface area contributed by atoms with Crippen LogP contribution in [0.25, 0.3) is 0 Å². The number of ketones is 1. The lowest BCUT2D eigenvalue weighted by atomic mass is 9.82. The normalized spacial score (nSPS) is 21.6. The van der Waals surface area contributed by atoms with Crippen molar-refractivity contribution >= 4 is 75.8 Å². The molecule has 5 rings (SSSR count). The van der Waals surface area contributed by atoms with Crippen LogP contribution in [-0.4, -0.2) is 86.9 Å². The third-order valence-electron chi connectivity index (χ3n) is 10.7. The molecule has 6 atom stereocenters. The summed E-state index contributed by atoms with van der Waals surface area (Å²) in [6.45, 7) is 7.85. The molecule has 3 saturated carbocycles. The summed E-state index contributed by atoms with van der Waals surface area (Å²) in [5.74, 6) is -3.20. The van der Waals surface area contributed by atoms with E-state index in [-0.39, 0.29) is 98.2 Å². The molecule has 55 heavy (non-hydrogen) atoms. The Morgan fingerprint density at radius 1 is 0.836 bits per heavy atom. The Balaban J connectivity index is 0. The SMILES string of the molecule is C.C.C.CCC[C@@H](NC(=O)[C@H]1[C@H]2CCC[C@@H]2CN1C(=O)[C@@H](NC(=O)[C@H](NC(=O)c1cnccn1)C1CCCCC1)C(C)(C)C)C(=O)C(=O)NC1CC1.S.S.S. The van der Waals surface area contributed by atoms with Crippen molar-refractivity contribution in [3.05, 3.63) is 24.3 Å². The molecule has 16 heteroatoms. The summed E-state index contributed by atoms with van der Waals surface area (Å²) in [5, 5.41) is 11.5. The van der Waals surface area contributed by atoms with E-state index in [1.54, 1.807) is 4.90 Å². The molecule has 2 heterocycles. The molecule has 1 aromatic heterocycles. The van der Waals surface area contributed by atoms with Crippen molar-refractivity contribution in [2.45, 2.75) is 157 Å². The van der Waals surface area contributed by atoms with Crippen LogP contribution in [0.15, 0.2) is 18.6 Å². The third-order valence-corrected chi connectivity index (χ3v) is 10.7. The first-order chi connectivity index (χ1) is 23.4. The molecule has 1 aliphatic heterocycles. The summed E-state index contributed by atoms with van der Waals surface area (Å²) in [6, 6.07) is -3.68. The van der Waals surface area contributed by atoms with E-state index in [1.165, 1.54) is 18.6 Å². The molecule has 4 N–H and O–H groups in total. The van der Waals surface area contributed by atoms with E-state index in [4.69, 9.17) is 0 Å². The van der Waals surface area contributed by atoms with Gasteiger partial charge in [0.15, 0.2) is 0 Å². The van der Waals surface area contributed by atoms with Crippen LogP contribution in [-0.2, 0) is 24.0 Å². The zero-order valence-electron chi connectivity index (χ0n) is 30.8. The molecule has 5 amide bonds. The van der Waals surface area contributed by atoms with E-state index in [0.717, 1.165) is 64.2 Å². The molecule has 3 aliphatic carbocycles. The number of rotatable bonds is 13. The Morgan fingerprint density at radius 3 is 2.05 bits per heavy atom. The zero-order valence-corrected chi connectivity index (χ0v) is 33.8. The summed E-state index contributed by atoms with van der Waals surface area (Å²) >= 11 is 0. The molecule has 4 aliphatic rings. The first-order valence-corrected chi connectivity index (χ1v) is 18.2. The van der Waals surface area contributed by atoms with E-state index < -0.39 is 59.0 Å². The van der Waals surface area contributed by atoms with Crippen LogP contribution in [0.2, 0.25) is 0 Å². The predicted octanol–water partition coefficient (Wildman–Crippen LogP) is 4.69. The van der Waals surface area contributed by atoms with Gasteiger partial charge in [-0.1, -0.05) is 82.1 Å². The lowest BCUT2D eigenvalue weighted by molar-refractivity contribution is -0.146. The van der Waals surface area contributed by atoms with Crippen LogP contribution in [0.3, 0.4) is 0 Å². The molecule has 0 unspecified atom stereocenters. The third kappa shape index (κ3) is 13.6. The van der Waals surface area contributed by atoms with Crippen LogP contribution in [0.1, 0.15) is 138 Å². The second-order valence-electron chi connectivity index (χ2n) is 15.5. The van der Waals surface area contributed by atoms with Crippen LogP contribution < -0.4 is 21.3 Å². The van der Waals surface area contributed by atoms with Gasteiger partial charge in [-0.15, -0.1) is 0 Å². The summed E-state index contributed by atoms with van der Waals surface area (Å²) in [7, 11) is 0. The fraction of sp³-hybridized carbons (Fsp3) is 0.744. The lowest BCUT2D eigenvalue weighted by Crippen LogP contribution is -2.62. The van der Waals surface area contributed by atoms with Gasteiger partial charge in [0.2, 0.25) is 23.5 Å². The summed E-state index contributed by atoms with van der Waals surface area (Å²) < 4.78 is 0. The quantitative estimate of drug-likeness (QED) is 0.207. The van der Waals surface area contributed by atoms with Gasteiger partial charge < -0.3 is 26.2 Å². The molecule has 1 saturated heterocycles. The van der Waals surface area contributed by atoms with Crippen molar-refractivity contribution in [1.82, 2.24) is 36.1 Å². The minimum atomic E-state index is -0.994. The Kier molecular flexibility index (Phi) is 23.7. The van der Waals surface area contributed by atoms with Crippen molar-refractivity contribution in [2.75, 3.05) is 6.54 Å². The molecule has 316 valence electrons. The predicted molar refractivity (Wildman–Crippen MR) is 232 cm³/mol. The van der Waals surface area contributed by atoms with Crippen molar-refractivity contribution in [1.29, 1.82) is 0 Å². The highest BCUT2D eigenvalue weighted by Crippen LogP contribution is 2.43. The van der Waals surface area contributed by atoms with Crippen LogP contribution in [0.5, 0.6) is 0 Å². The highest BCUT2D eigenvalue weighted by atomic mass is 32.1. The van der Waals surface area contributed by atoms with Gasteiger partial charge in [0, 0.05) is 25.0 Å². The smallest absolute Gasteiger partial charge is 0.289 e. The molecule has 1 aromatic rings. The Labute approximate surface area is 350 Å². The molecule has 0 aromatic carbocycles. The monoisotopic (exact) mass is 829 g/mol. The second-order valence-corrected chi connectivity index (χ2v) is 15.5. The van der Waals surface area contributed by atoms with Crippen molar-refractivity contribution < 1.29 is 28.8 Å². The Hall–Kier alpha value is -2.85. The summed E-state index contributed by atoms with van der Waals surface area (Å²) in [6.07, 6.45) is 13.9. The number of amides is 5. The van der Waals surface area contributed by atoms with E-state index in [0.29, 0.717) is 19.4 Å². The molecule has 0 bridgehead atoms. The van der Waals surface area contributed by atoms with Crippen LogP contribution in [0, 0.1) is 23.2 Å². The second kappa shape index (κ2) is 24.0. The van der Waals surface area contributed by atoms with Gasteiger partial charge in [-0.3, -0.25) is 33.8 Å². The van der Waals surface area contributed by atoms with Gasteiger partial charge in [0.1, 0.15) is 23.8 Å². The number of fused-ring (bicyclic) bond motifs is 1. The number of aromatic nitrogens is 2. The van der Waals surface area contributed by atoms with Crippen molar-refractivity contribution in [3.63, 3.8) is 0 Å². The molecule has 13 nitrogen and oxygen atoms in total. The van der Waals surface area contributed by atoms with Gasteiger partial charge in [0.05, 0.1) is 12.2 Å². The van der Waals surface area contributed by atoms with E-state index in [1.807, 2.05) is 27.7 Å². The number of nitrogens with zero attached hydrogens (tertiary/aromatic N) is 3. The van der Waals surface area contributed by atoms with Crippen LogP contribution >= 0.6 is 40.5 Å². The number of Topliss-reactive ketones (excluding diaryl/α,β-unsaturated/α-hetero) is 1. The number of hydrogen-bond acceptors (Lipinski definition) is 8. The highest BCUT2D eigenvalue weighted by Gasteiger charge is 2.52. The van der Waals surface area contributed by atoms with Crippen molar-refractivity contribution in [3.8, 4) is 0 Å². The summed E-state index contributed by atoms with van der Waals surface area (Å²) in [4.78, 5) is 91.4. The first kappa shape index (κ1) is 54.3. The van der Waals surface area contributed by atoms with Gasteiger partial charge in [-0.2, -0.15) is 40.5 Å². The maximum Gasteiger partial charge on any atom is 0.289 e. The number of likely N-dealkylation sites (tertiary alicyclic amines) is 1. The minimum Gasteiger partial charge on any atom is -0.347 e. The largest absolute Gasteiger partial charge is 0.347 e. The average molecular weight is 830 g/mol. The number of nitrogens with one attached hydrogen (secondary N) is 4. The van der Waals surface area contributed by atoms with Crippen molar-refractivity contribution in [2.24, 2.45) is 23.2 Å². The minimum absolute atomic E-state index is 0. The molecule has 0 radical (unpaired) electrons. The van der Waals surface area contributed by atoms with Gasteiger partial charge in [-0.25, -0.2) is 4.98 Å². The Morgan fingerprint density at radius 2 is 1.49 bits per heavy atom. The van der Waals surface area contributed by atoms with E-state index >= 15 is 0 Å². The molecule has 4 fully saturated rings. The van der Waals surface area contributed by atoms with Gasteiger partial charge in [-0.05, 0) is 68.1 Å². The number of carbonyl (C=O) groups excluding carboxylic acids is 6. The highest BCUT2D eigenvalue weighted by molar-refractivity contribution is 7.59. The average Bonchev–Trinajstić information content (AvgIpc) is 3.65. The zero-order chi connectivity index (χ0) is 35.3. The fourth-order valence-corrected chi connectivity index (χ4v) is 7.87. The van der Waals surface area contributed by atoms with Gasteiger partial charge in [0.25, 0.3) is 11.8 Å². The number of hydrogen-bond donors (Lipinski definition) is 4. The first-order valence-electron chi connectivity index (χ1n) is 18.2. The van der Waals surface area contributed by atoms with E-state index in [9.17, 15) is 28.8 Å². The fourth-order valence-electron chi connectivity index (χ4n) is 7.87.